The summed E-state index contributed by atoms with van der Waals surface area (Å²) >= 11 is 15.0. The quantitative estimate of drug-likeness (QED) is 0.0415. The van der Waals surface area contributed by atoms with Crippen LogP contribution in [0.3, 0.4) is 0 Å². The molecule has 0 unspecified atom stereocenters. The number of ketones is 1. The summed E-state index contributed by atoms with van der Waals surface area (Å²) in [4.78, 5) is 28.8. The van der Waals surface area contributed by atoms with Crippen LogP contribution in [0, 0.1) is 0 Å². The maximum absolute atomic E-state index is 13.7. The first kappa shape index (κ1) is 32.4. The number of carbonyl (C=O) groups is 2. The maximum atomic E-state index is 13.7. The van der Waals surface area contributed by atoms with E-state index in [0.29, 0.717) is 50.0 Å². The van der Waals surface area contributed by atoms with Gasteiger partial charge in [0.05, 0.1) is 18.2 Å². The second-order valence-electron chi connectivity index (χ2n) is 11.1. The molecule has 0 radical (unpaired) electrons. The second-order valence-corrected chi connectivity index (χ2v) is 14.1. The number of benzene rings is 3. The van der Waals surface area contributed by atoms with Crippen LogP contribution in [-0.2, 0) is 21.8 Å². The summed E-state index contributed by atoms with van der Waals surface area (Å²) < 4.78 is 12.4. The molecule has 1 N–H and O–H groups in total. The zero-order chi connectivity index (χ0) is 32.4. The van der Waals surface area contributed by atoms with Crippen molar-refractivity contribution in [1.29, 1.82) is 0 Å². The molecule has 1 aromatic heterocycles. The molecule has 0 bridgehead atoms. The first-order chi connectivity index (χ1) is 22.2. The number of hydrogen-bond donors (Lipinski definition) is 1. The average Bonchev–Trinajstić information content (AvgIpc) is 3.73. The van der Waals surface area contributed by atoms with Gasteiger partial charge in [-0.1, -0.05) is 84.3 Å². The van der Waals surface area contributed by atoms with Crippen molar-refractivity contribution in [2.24, 2.45) is 0 Å². The molecule has 1 amide bonds. The average molecular weight is 697 g/mol. The van der Waals surface area contributed by atoms with E-state index >= 15 is 0 Å². The number of carbonyl (C=O) groups excluding carboxylic acids is 2. The van der Waals surface area contributed by atoms with E-state index in [0.717, 1.165) is 36.1 Å². The number of halogens is 2. The number of thioether (sulfide) groups is 1. The molecule has 2 aliphatic heterocycles. The number of ether oxygens (including phenoxy) is 2. The monoisotopic (exact) mass is 695 g/mol. The normalized spacial score (nSPS) is 18.6. The minimum absolute atomic E-state index is 0.0122. The molecule has 0 aliphatic carbocycles. The van der Waals surface area contributed by atoms with Crippen LogP contribution in [0.5, 0.6) is 11.5 Å². The van der Waals surface area contributed by atoms with E-state index in [9.17, 15) is 14.7 Å². The first-order valence-corrected chi connectivity index (χ1v) is 17.5. The number of hydrogen-bond acceptors (Lipinski definition) is 9. The van der Waals surface area contributed by atoms with E-state index < -0.39 is 17.7 Å². The fourth-order valence-corrected chi connectivity index (χ4v) is 7.95. The van der Waals surface area contributed by atoms with Crippen LogP contribution in [0.4, 0.5) is 5.13 Å². The van der Waals surface area contributed by atoms with Gasteiger partial charge in [-0.3, -0.25) is 14.5 Å². The molecule has 1 saturated heterocycles. The Morgan fingerprint density at radius 3 is 2.76 bits per heavy atom. The SMILES string of the molecule is CCCCCOc1cccc([C@@H]2/C(=C(\O)c3ccc4c(c3)C[C@@H](C)O4)C(=O)C(=O)N2c2nnc(SCc3ccc(Cl)cc3Cl)s2)c1. The zero-order valence-corrected chi connectivity index (χ0v) is 28.3. The summed E-state index contributed by atoms with van der Waals surface area (Å²) in [5.74, 6) is -0.0140. The number of rotatable bonds is 11. The number of fused-ring (bicyclic) bond motifs is 1. The van der Waals surface area contributed by atoms with E-state index in [-0.39, 0.29) is 22.6 Å². The molecule has 12 heteroatoms. The van der Waals surface area contributed by atoms with Crippen molar-refractivity contribution in [3.63, 3.8) is 0 Å². The molecule has 3 aromatic carbocycles. The van der Waals surface area contributed by atoms with Gasteiger partial charge in [-0.2, -0.15) is 0 Å². The van der Waals surface area contributed by atoms with Gasteiger partial charge in [-0.25, -0.2) is 0 Å². The van der Waals surface area contributed by atoms with Gasteiger partial charge in [0, 0.05) is 27.8 Å². The fourth-order valence-electron chi connectivity index (χ4n) is 5.52. The lowest BCUT2D eigenvalue weighted by molar-refractivity contribution is -0.132. The van der Waals surface area contributed by atoms with Crippen molar-refractivity contribution in [3.8, 4) is 11.5 Å². The van der Waals surface area contributed by atoms with Crippen molar-refractivity contribution in [1.82, 2.24) is 10.2 Å². The molecule has 8 nitrogen and oxygen atoms in total. The molecular weight excluding hydrogens is 665 g/mol. The van der Waals surface area contributed by atoms with E-state index in [1.807, 2.05) is 37.3 Å². The van der Waals surface area contributed by atoms with Crippen LogP contribution < -0.4 is 14.4 Å². The number of nitrogens with zero attached hydrogens (tertiary/aromatic N) is 3. The summed E-state index contributed by atoms with van der Waals surface area (Å²) in [5.41, 5.74) is 2.80. The van der Waals surface area contributed by atoms with Crippen LogP contribution in [-0.4, -0.2) is 39.7 Å². The van der Waals surface area contributed by atoms with Gasteiger partial charge in [0.15, 0.2) is 4.34 Å². The standard InChI is InChI=1S/C34H31Cl2N3O5S2/c1-3-4-5-13-43-25-8-6-7-20(16-25)29-28(30(40)21-10-12-27-23(15-21)14-19(2)44-27)31(41)32(42)39(29)33-37-38-34(46-33)45-18-22-9-11-24(35)17-26(22)36/h6-12,15-17,19,29,40H,3-5,13-14,18H2,1-2H3/b30-28+/t19-,29-/m1/s1. The Balaban J connectivity index is 1.37. The Labute approximate surface area is 285 Å². The van der Waals surface area contributed by atoms with Gasteiger partial charge in [0.25, 0.3) is 5.78 Å². The molecule has 1 fully saturated rings. The van der Waals surface area contributed by atoms with Gasteiger partial charge >= 0.3 is 5.91 Å². The van der Waals surface area contributed by atoms with Crippen LogP contribution in [0.1, 0.15) is 61.4 Å². The lowest BCUT2D eigenvalue weighted by atomic mass is 9.94. The molecular formula is C34H31Cl2N3O5S2. The molecule has 238 valence electrons. The summed E-state index contributed by atoms with van der Waals surface area (Å²) in [6.07, 6.45) is 3.72. The summed E-state index contributed by atoms with van der Waals surface area (Å²) in [7, 11) is 0. The van der Waals surface area contributed by atoms with E-state index in [1.54, 1.807) is 30.3 Å². The molecule has 0 saturated carbocycles. The van der Waals surface area contributed by atoms with Gasteiger partial charge in [-0.05, 0) is 72.5 Å². The summed E-state index contributed by atoms with van der Waals surface area (Å²) in [6.45, 7) is 4.64. The van der Waals surface area contributed by atoms with Crippen molar-refractivity contribution in [2.75, 3.05) is 11.5 Å². The van der Waals surface area contributed by atoms with Crippen LogP contribution in [0.15, 0.2) is 70.6 Å². The Kier molecular flexibility index (Phi) is 9.89. The van der Waals surface area contributed by atoms with Crippen molar-refractivity contribution in [3.05, 3.63) is 98.5 Å². The smallest absolute Gasteiger partial charge is 0.301 e. The minimum atomic E-state index is -0.959. The summed E-state index contributed by atoms with van der Waals surface area (Å²) in [5, 5.41) is 21.6. The second kappa shape index (κ2) is 14.0. The third-order valence-electron chi connectivity index (χ3n) is 7.77. The Morgan fingerprint density at radius 2 is 1.96 bits per heavy atom. The first-order valence-electron chi connectivity index (χ1n) is 15.0. The number of aliphatic hydroxyl groups is 1. The predicted molar refractivity (Wildman–Crippen MR) is 182 cm³/mol. The Hall–Kier alpha value is -3.57. The van der Waals surface area contributed by atoms with Crippen LogP contribution in [0.25, 0.3) is 5.76 Å². The lowest BCUT2D eigenvalue weighted by Crippen LogP contribution is -2.29. The highest BCUT2D eigenvalue weighted by atomic mass is 35.5. The highest BCUT2D eigenvalue weighted by Crippen LogP contribution is 2.45. The maximum Gasteiger partial charge on any atom is 0.301 e. The van der Waals surface area contributed by atoms with Crippen molar-refractivity contribution in [2.45, 2.75) is 61.8 Å². The largest absolute Gasteiger partial charge is 0.507 e. The van der Waals surface area contributed by atoms with E-state index in [2.05, 4.69) is 17.1 Å². The number of unbranched alkanes of at least 4 members (excludes halogenated alkanes) is 2. The molecule has 2 aliphatic rings. The lowest BCUT2D eigenvalue weighted by Gasteiger charge is -2.23. The van der Waals surface area contributed by atoms with Gasteiger partial charge in [-0.15, -0.1) is 10.2 Å². The highest BCUT2D eigenvalue weighted by Gasteiger charge is 2.48. The fraction of sp³-hybridized carbons (Fsp3) is 0.294. The van der Waals surface area contributed by atoms with Crippen LogP contribution in [0.2, 0.25) is 10.0 Å². The Bertz CT molecular complexity index is 1830. The zero-order valence-electron chi connectivity index (χ0n) is 25.2. The molecule has 4 aromatic rings. The predicted octanol–water partition coefficient (Wildman–Crippen LogP) is 8.66. The molecule has 3 heterocycles. The Morgan fingerprint density at radius 1 is 1.11 bits per heavy atom. The minimum Gasteiger partial charge on any atom is -0.507 e. The van der Waals surface area contributed by atoms with Crippen molar-refractivity contribution < 1.29 is 24.2 Å². The number of anilines is 1. The van der Waals surface area contributed by atoms with Gasteiger partial charge in [0.2, 0.25) is 5.13 Å². The van der Waals surface area contributed by atoms with Crippen molar-refractivity contribution >= 4 is 68.9 Å². The third kappa shape index (κ3) is 6.76. The summed E-state index contributed by atoms with van der Waals surface area (Å²) in [6, 6.07) is 16.9. The molecule has 6 rings (SSSR count). The van der Waals surface area contributed by atoms with Gasteiger partial charge < -0.3 is 14.6 Å². The van der Waals surface area contributed by atoms with E-state index in [4.69, 9.17) is 32.7 Å². The number of amides is 1. The molecule has 0 spiro atoms. The number of aromatic nitrogens is 2. The third-order valence-corrected chi connectivity index (χ3v) is 10.5. The highest BCUT2D eigenvalue weighted by molar-refractivity contribution is 8.00. The molecule has 2 atom stereocenters. The van der Waals surface area contributed by atoms with Gasteiger partial charge in [0.1, 0.15) is 23.4 Å². The van der Waals surface area contributed by atoms with Crippen LogP contribution >= 0.6 is 46.3 Å². The van der Waals surface area contributed by atoms with E-state index in [1.165, 1.54) is 28.0 Å². The number of aliphatic hydroxyl groups excluding tert-OH is 1. The number of Topliss-reactive ketones (excluding diaryl/α,β-unsaturated/α-hetero) is 1. The topological polar surface area (TPSA) is 102 Å². The molecule has 46 heavy (non-hydrogen) atoms.